The molecule has 1 unspecified atom stereocenters. The molecular weight excluding hydrogens is 428 g/mol. The smallest absolute Gasteiger partial charge is 0.0988 e. The first kappa shape index (κ1) is 21.8. The van der Waals surface area contributed by atoms with Gasteiger partial charge in [-0.3, -0.25) is 0 Å². The van der Waals surface area contributed by atoms with E-state index in [4.69, 9.17) is 0 Å². The van der Waals surface area contributed by atoms with Gasteiger partial charge in [0, 0.05) is 22.9 Å². The Kier molecular flexibility index (Phi) is 5.94. The van der Waals surface area contributed by atoms with Gasteiger partial charge in [0.05, 0.1) is 21.8 Å². The molecule has 0 saturated heterocycles. The molecule has 0 bridgehead atoms. The Morgan fingerprint density at radius 3 is 2.41 bits per heavy atom. The van der Waals surface area contributed by atoms with E-state index in [0.29, 0.717) is 5.37 Å². The zero-order chi connectivity index (χ0) is 22.3. The van der Waals surface area contributed by atoms with Crippen molar-refractivity contribution in [3.8, 4) is 0 Å². The molecule has 1 aliphatic carbocycles. The minimum atomic E-state index is 0.271. The molecule has 0 N–H and O–H groups in total. The van der Waals surface area contributed by atoms with E-state index in [1.54, 1.807) is 0 Å². The van der Waals surface area contributed by atoms with Gasteiger partial charge in [0.25, 0.3) is 0 Å². The first-order chi connectivity index (χ1) is 15.5. The van der Waals surface area contributed by atoms with Crippen molar-refractivity contribution in [2.24, 2.45) is 5.41 Å². The van der Waals surface area contributed by atoms with Crippen LogP contribution in [0.2, 0.25) is 0 Å². The van der Waals surface area contributed by atoms with Gasteiger partial charge >= 0.3 is 0 Å². The highest BCUT2D eigenvalue weighted by Crippen LogP contribution is 2.48. The third kappa shape index (κ3) is 4.15. The summed E-state index contributed by atoms with van der Waals surface area (Å²) >= 11 is 3.89. The van der Waals surface area contributed by atoms with E-state index in [2.05, 4.69) is 104 Å². The quantitative estimate of drug-likeness (QED) is 0.454. The number of rotatable bonds is 4. The minimum Gasteiger partial charge on any atom is -0.355 e. The molecule has 2 aromatic carbocycles. The molecule has 166 valence electrons. The molecule has 0 amide bonds. The maximum Gasteiger partial charge on any atom is 0.0988 e. The Morgan fingerprint density at radius 1 is 0.938 bits per heavy atom. The summed E-state index contributed by atoms with van der Waals surface area (Å²) in [6, 6.07) is 17.6. The van der Waals surface area contributed by atoms with E-state index in [-0.39, 0.29) is 5.41 Å². The lowest BCUT2D eigenvalue weighted by atomic mass is 9.75. The van der Waals surface area contributed by atoms with Crippen molar-refractivity contribution >= 4 is 34.9 Å². The van der Waals surface area contributed by atoms with Crippen LogP contribution in [0, 0.1) is 5.41 Å². The molecule has 0 fully saturated rings. The Balaban J connectivity index is 1.46. The molecule has 2 heterocycles. The lowest BCUT2D eigenvalue weighted by Crippen LogP contribution is -2.28. The first-order valence-corrected chi connectivity index (χ1v) is 13.4. The largest absolute Gasteiger partial charge is 0.355 e. The summed E-state index contributed by atoms with van der Waals surface area (Å²) in [7, 11) is 0. The third-order valence-corrected chi connectivity index (χ3v) is 8.77. The molecule has 0 spiro atoms. The number of nitrogens with zero attached hydrogens (tertiary/aromatic N) is 2. The third-order valence-electron chi connectivity index (χ3n) is 6.42. The molecule has 5 rings (SSSR count). The van der Waals surface area contributed by atoms with Gasteiger partial charge < -0.3 is 9.80 Å². The molecule has 0 aromatic heterocycles. The number of para-hydroxylation sites is 2. The molecular formula is C28H32N2S2. The van der Waals surface area contributed by atoms with Gasteiger partial charge in [-0.2, -0.15) is 0 Å². The molecule has 2 aromatic rings. The zero-order valence-corrected chi connectivity index (χ0v) is 21.1. The van der Waals surface area contributed by atoms with Gasteiger partial charge in [0.1, 0.15) is 0 Å². The molecule has 4 heteroatoms. The van der Waals surface area contributed by atoms with Gasteiger partial charge in [-0.1, -0.05) is 67.7 Å². The average molecular weight is 461 g/mol. The van der Waals surface area contributed by atoms with Crippen LogP contribution in [-0.4, -0.2) is 18.5 Å². The van der Waals surface area contributed by atoms with Crippen LogP contribution in [0.15, 0.2) is 92.7 Å². The van der Waals surface area contributed by atoms with E-state index in [9.17, 15) is 0 Å². The molecule has 0 radical (unpaired) electrons. The van der Waals surface area contributed by atoms with Crippen LogP contribution >= 0.6 is 23.5 Å². The van der Waals surface area contributed by atoms with E-state index in [0.717, 1.165) is 25.9 Å². The average Bonchev–Trinajstić information content (AvgIpc) is 3.28. The predicted molar refractivity (Wildman–Crippen MR) is 142 cm³/mol. The second-order valence-electron chi connectivity index (χ2n) is 9.54. The number of thioether (sulfide) groups is 2. The van der Waals surface area contributed by atoms with Crippen molar-refractivity contribution in [1.82, 2.24) is 0 Å². The summed E-state index contributed by atoms with van der Waals surface area (Å²) in [4.78, 5) is 7.75. The summed E-state index contributed by atoms with van der Waals surface area (Å²) < 4.78 is 0. The van der Waals surface area contributed by atoms with Crippen LogP contribution < -0.4 is 9.80 Å². The standard InChI is InChI=1S/C28H32N2S2/c1-5-29-22-11-7-9-13-24(22)31-26(29)16-20-15-21(19-28(3,4)18-20)17-27-30(6-2)23-12-8-10-14-25(23)32-27/h7-17,26H,5-6,18-19H2,1-4H3/b20-16+,27-17?. The van der Waals surface area contributed by atoms with Gasteiger partial charge in [-0.15, -0.1) is 0 Å². The van der Waals surface area contributed by atoms with Crippen LogP contribution in [-0.2, 0) is 0 Å². The molecule has 2 aliphatic heterocycles. The van der Waals surface area contributed by atoms with Crippen LogP contribution in [0.25, 0.3) is 0 Å². The normalized spacial score (nSPS) is 24.1. The van der Waals surface area contributed by atoms with E-state index < -0.39 is 0 Å². The van der Waals surface area contributed by atoms with E-state index >= 15 is 0 Å². The predicted octanol–water partition coefficient (Wildman–Crippen LogP) is 8.09. The van der Waals surface area contributed by atoms with Crippen molar-refractivity contribution in [3.63, 3.8) is 0 Å². The van der Waals surface area contributed by atoms with Gasteiger partial charge in [0.15, 0.2) is 0 Å². The number of benzene rings is 2. The number of allylic oxidation sites excluding steroid dienone is 4. The summed E-state index contributed by atoms with van der Waals surface area (Å²) in [5.74, 6) is 0. The summed E-state index contributed by atoms with van der Waals surface area (Å²) in [5, 5.41) is 1.73. The van der Waals surface area contributed by atoms with Crippen LogP contribution in [0.4, 0.5) is 11.4 Å². The van der Waals surface area contributed by atoms with Crippen LogP contribution in [0.5, 0.6) is 0 Å². The lowest BCUT2D eigenvalue weighted by molar-refractivity contribution is 0.354. The van der Waals surface area contributed by atoms with Crippen LogP contribution in [0.1, 0.15) is 40.5 Å². The number of hydrogen-bond acceptors (Lipinski definition) is 4. The molecule has 0 saturated carbocycles. The Bertz CT molecular complexity index is 1110. The lowest BCUT2D eigenvalue weighted by Gasteiger charge is -2.32. The van der Waals surface area contributed by atoms with Crippen molar-refractivity contribution in [3.05, 3.63) is 82.9 Å². The van der Waals surface area contributed by atoms with Crippen molar-refractivity contribution in [2.75, 3.05) is 22.9 Å². The fraction of sp³-hybridized carbons (Fsp3) is 0.357. The maximum atomic E-state index is 2.53. The first-order valence-electron chi connectivity index (χ1n) is 11.7. The topological polar surface area (TPSA) is 6.48 Å². The Morgan fingerprint density at radius 2 is 1.66 bits per heavy atom. The monoisotopic (exact) mass is 460 g/mol. The Hall–Kier alpha value is -2.04. The molecule has 2 nitrogen and oxygen atoms in total. The molecule has 1 atom stereocenters. The van der Waals surface area contributed by atoms with Gasteiger partial charge in [-0.05, 0) is 79.7 Å². The number of fused-ring (bicyclic) bond motifs is 2. The second-order valence-corrected chi connectivity index (χ2v) is 11.8. The Labute approximate surface area is 201 Å². The minimum absolute atomic E-state index is 0.271. The number of likely N-dealkylation sites (N-methyl/N-ethyl adjacent to an activating group) is 1. The highest BCUT2D eigenvalue weighted by Gasteiger charge is 2.31. The van der Waals surface area contributed by atoms with Crippen LogP contribution in [0.3, 0.4) is 0 Å². The van der Waals surface area contributed by atoms with E-state index in [1.165, 1.54) is 37.3 Å². The van der Waals surface area contributed by atoms with Gasteiger partial charge in [-0.25, -0.2) is 0 Å². The maximum absolute atomic E-state index is 2.53. The summed E-state index contributed by atoms with van der Waals surface area (Å²) in [6.45, 7) is 11.4. The zero-order valence-electron chi connectivity index (χ0n) is 19.5. The van der Waals surface area contributed by atoms with Crippen molar-refractivity contribution in [2.45, 2.75) is 55.7 Å². The van der Waals surface area contributed by atoms with Gasteiger partial charge in [0.2, 0.25) is 0 Å². The number of anilines is 2. The molecule has 32 heavy (non-hydrogen) atoms. The van der Waals surface area contributed by atoms with Crippen molar-refractivity contribution in [1.29, 1.82) is 0 Å². The highest BCUT2D eigenvalue weighted by molar-refractivity contribution is 8.03. The highest BCUT2D eigenvalue weighted by atomic mass is 32.2. The second kappa shape index (κ2) is 8.72. The molecule has 3 aliphatic rings. The summed E-state index contributed by atoms with van der Waals surface area (Å²) in [5.41, 5.74) is 5.91. The fourth-order valence-electron chi connectivity index (χ4n) is 5.13. The summed E-state index contributed by atoms with van der Waals surface area (Å²) in [6.07, 6.45) is 9.68. The number of hydrogen-bond donors (Lipinski definition) is 0. The van der Waals surface area contributed by atoms with E-state index in [1.807, 2.05) is 23.5 Å². The SMILES string of the molecule is CCN1C(=CC2=C/C(=C\C3Sc4ccccc4N3CC)CC(C)(C)C2)Sc2ccccc21. The fourth-order valence-corrected chi connectivity index (χ4v) is 7.69. The van der Waals surface area contributed by atoms with Crippen molar-refractivity contribution < 1.29 is 0 Å².